The molecule has 1 heterocycles. The summed E-state index contributed by atoms with van der Waals surface area (Å²) >= 11 is 5.98. The fourth-order valence-electron chi connectivity index (χ4n) is 2.51. The highest BCUT2D eigenvalue weighted by atomic mass is 35.5. The molecule has 0 bridgehead atoms. The van der Waals surface area contributed by atoms with Crippen LogP contribution in [0.4, 0.5) is 0 Å². The molecule has 1 unspecified atom stereocenters. The Bertz CT molecular complexity index is 847. The number of carbonyl (C=O) groups excluding carboxylic acids is 1. The van der Waals surface area contributed by atoms with Crippen LogP contribution in [0.5, 0.6) is 0 Å². The molecular formula is C19H19ClN4O. The molecule has 128 valence electrons. The Kier molecular flexibility index (Phi) is 5.46. The van der Waals surface area contributed by atoms with Crippen LogP contribution < -0.4 is 5.32 Å². The van der Waals surface area contributed by atoms with Crippen LogP contribution in [0.15, 0.2) is 60.8 Å². The third kappa shape index (κ3) is 4.67. The first kappa shape index (κ1) is 17.2. The van der Waals surface area contributed by atoms with Crippen molar-refractivity contribution in [3.05, 3.63) is 77.1 Å². The van der Waals surface area contributed by atoms with Gasteiger partial charge >= 0.3 is 0 Å². The van der Waals surface area contributed by atoms with E-state index in [1.165, 1.54) is 10.2 Å². The summed E-state index contributed by atoms with van der Waals surface area (Å²) in [7, 11) is 0. The fourth-order valence-corrected chi connectivity index (χ4v) is 2.69. The molecule has 0 aliphatic heterocycles. The quantitative estimate of drug-likeness (QED) is 0.734. The predicted molar refractivity (Wildman–Crippen MR) is 98.1 cm³/mol. The lowest BCUT2D eigenvalue weighted by molar-refractivity contribution is 0.0933. The second-order valence-corrected chi connectivity index (χ2v) is 6.36. The average Bonchev–Trinajstić information content (AvgIpc) is 3.11. The van der Waals surface area contributed by atoms with E-state index in [1.54, 1.807) is 18.3 Å². The molecule has 0 saturated heterocycles. The lowest BCUT2D eigenvalue weighted by Gasteiger charge is -2.12. The number of aryl methyl sites for hydroxylation is 1. The highest BCUT2D eigenvalue weighted by Gasteiger charge is 2.14. The van der Waals surface area contributed by atoms with E-state index < -0.39 is 0 Å². The number of rotatable bonds is 6. The molecule has 3 rings (SSSR count). The van der Waals surface area contributed by atoms with Gasteiger partial charge in [-0.05, 0) is 43.5 Å². The van der Waals surface area contributed by atoms with Crippen LogP contribution in [0.2, 0.25) is 5.02 Å². The standard InChI is InChI=1S/C19H19ClN4O/c1-14(10-11-15-6-3-2-4-7-15)21-19(25)18-13-24(23-22-18)17-9-5-8-16(20)12-17/h2-9,12-14H,10-11H2,1H3,(H,21,25). The molecule has 0 radical (unpaired) electrons. The summed E-state index contributed by atoms with van der Waals surface area (Å²) in [6.07, 6.45) is 3.38. The van der Waals surface area contributed by atoms with Crippen LogP contribution in [0, 0.1) is 0 Å². The summed E-state index contributed by atoms with van der Waals surface area (Å²) < 4.78 is 1.54. The average molecular weight is 355 g/mol. The SMILES string of the molecule is CC(CCc1ccccc1)NC(=O)c1cn(-c2cccc(Cl)c2)nn1. The summed E-state index contributed by atoms with van der Waals surface area (Å²) in [6.45, 7) is 1.99. The molecule has 1 amide bonds. The van der Waals surface area contributed by atoms with E-state index in [1.807, 2.05) is 37.3 Å². The number of nitrogens with zero attached hydrogens (tertiary/aromatic N) is 3. The Morgan fingerprint density at radius 1 is 1.20 bits per heavy atom. The van der Waals surface area contributed by atoms with E-state index in [4.69, 9.17) is 11.6 Å². The topological polar surface area (TPSA) is 59.8 Å². The number of carbonyl (C=O) groups is 1. The van der Waals surface area contributed by atoms with Crippen molar-refractivity contribution >= 4 is 17.5 Å². The van der Waals surface area contributed by atoms with Gasteiger partial charge < -0.3 is 5.32 Å². The van der Waals surface area contributed by atoms with Crippen LogP contribution in [0.25, 0.3) is 5.69 Å². The first-order chi connectivity index (χ1) is 12.1. The molecule has 1 atom stereocenters. The van der Waals surface area contributed by atoms with Crippen LogP contribution >= 0.6 is 11.6 Å². The van der Waals surface area contributed by atoms with Crippen molar-refractivity contribution in [2.45, 2.75) is 25.8 Å². The number of amides is 1. The van der Waals surface area contributed by atoms with Crippen molar-refractivity contribution in [3.8, 4) is 5.69 Å². The maximum atomic E-state index is 12.3. The first-order valence-electron chi connectivity index (χ1n) is 8.15. The Morgan fingerprint density at radius 3 is 2.76 bits per heavy atom. The molecule has 1 aromatic heterocycles. The van der Waals surface area contributed by atoms with E-state index in [0.29, 0.717) is 5.02 Å². The molecule has 0 aliphatic carbocycles. The Morgan fingerprint density at radius 2 is 2.00 bits per heavy atom. The number of aromatic nitrogens is 3. The van der Waals surface area contributed by atoms with Gasteiger partial charge in [-0.1, -0.05) is 53.2 Å². The van der Waals surface area contributed by atoms with Gasteiger partial charge in [0.05, 0.1) is 11.9 Å². The van der Waals surface area contributed by atoms with Crippen LogP contribution in [0.1, 0.15) is 29.4 Å². The van der Waals surface area contributed by atoms with Gasteiger partial charge in [0.2, 0.25) is 0 Å². The zero-order valence-corrected chi connectivity index (χ0v) is 14.6. The van der Waals surface area contributed by atoms with Crippen molar-refractivity contribution in [1.29, 1.82) is 0 Å². The van der Waals surface area contributed by atoms with E-state index in [0.717, 1.165) is 18.5 Å². The van der Waals surface area contributed by atoms with Gasteiger partial charge in [0.1, 0.15) is 0 Å². The van der Waals surface area contributed by atoms with E-state index >= 15 is 0 Å². The monoisotopic (exact) mass is 354 g/mol. The summed E-state index contributed by atoms with van der Waals surface area (Å²) in [5, 5.41) is 11.5. The van der Waals surface area contributed by atoms with E-state index in [-0.39, 0.29) is 17.6 Å². The van der Waals surface area contributed by atoms with Gasteiger partial charge in [-0.25, -0.2) is 4.68 Å². The fraction of sp³-hybridized carbons (Fsp3) is 0.211. The number of benzene rings is 2. The molecule has 0 saturated carbocycles. The maximum Gasteiger partial charge on any atom is 0.273 e. The van der Waals surface area contributed by atoms with E-state index in [2.05, 4.69) is 27.8 Å². The third-order valence-electron chi connectivity index (χ3n) is 3.89. The van der Waals surface area contributed by atoms with Crippen LogP contribution in [-0.2, 0) is 6.42 Å². The van der Waals surface area contributed by atoms with Crippen molar-refractivity contribution in [2.75, 3.05) is 0 Å². The van der Waals surface area contributed by atoms with Gasteiger partial charge in [0.15, 0.2) is 5.69 Å². The second kappa shape index (κ2) is 7.94. The molecule has 2 aromatic carbocycles. The van der Waals surface area contributed by atoms with Gasteiger partial charge in [-0.2, -0.15) is 0 Å². The largest absolute Gasteiger partial charge is 0.348 e. The lowest BCUT2D eigenvalue weighted by atomic mass is 10.1. The van der Waals surface area contributed by atoms with Crippen molar-refractivity contribution in [1.82, 2.24) is 20.3 Å². The molecular weight excluding hydrogens is 336 g/mol. The Balaban J connectivity index is 1.58. The number of halogens is 1. The van der Waals surface area contributed by atoms with Crippen LogP contribution in [-0.4, -0.2) is 26.9 Å². The zero-order valence-electron chi connectivity index (χ0n) is 13.9. The molecule has 6 heteroatoms. The van der Waals surface area contributed by atoms with Crippen molar-refractivity contribution < 1.29 is 4.79 Å². The summed E-state index contributed by atoms with van der Waals surface area (Å²) in [5.74, 6) is -0.228. The normalized spacial score (nSPS) is 11.9. The molecule has 0 aliphatic rings. The molecule has 25 heavy (non-hydrogen) atoms. The van der Waals surface area contributed by atoms with Crippen molar-refractivity contribution in [2.24, 2.45) is 0 Å². The minimum absolute atomic E-state index is 0.0454. The lowest BCUT2D eigenvalue weighted by Crippen LogP contribution is -2.33. The molecule has 5 nitrogen and oxygen atoms in total. The zero-order chi connectivity index (χ0) is 17.6. The molecule has 0 fully saturated rings. The molecule has 0 spiro atoms. The number of hydrogen-bond donors (Lipinski definition) is 1. The third-order valence-corrected chi connectivity index (χ3v) is 4.12. The van der Waals surface area contributed by atoms with Gasteiger partial charge in [-0.3, -0.25) is 4.79 Å². The van der Waals surface area contributed by atoms with Gasteiger partial charge in [0.25, 0.3) is 5.91 Å². The van der Waals surface area contributed by atoms with Gasteiger partial charge in [0, 0.05) is 11.1 Å². The van der Waals surface area contributed by atoms with E-state index in [9.17, 15) is 4.79 Å². The number of nitrogens with one attached hydrogen (secondary N) is 1. The Hall–Kier alpha value is -2.66. The molecule has 3 aromatic rings. The van der Waals surface area contributed by atoms with Gasteiger partial charge in [-0.15, -0.1) is 5.10 Å². The summed E-state index contributed by atoms with van der Waals surface area (Å²) in [6, 6.07) is 17.5. The minimum atomic E-state index is -0.228. The highest BCUT2D eigenvalue weighted by molar-refractivity contribution is 6.30. The Labute approximate surface area is 151 Å². The predicted octanol–water partition coefficient (Wildman–Crippen LogP) is 3.67. The summed E-state index contributed by atoms with van der Waals surface area (Å²) in [5.41, 5.74) is 2.30. The van der Waals surface area contributed by atoms with Crippen LogP contribution in [0.3, 0.4) is 0 Å². The second-order valence-electron chi connectivity index (χ2n) is 5.93. The maximum absolute atomic E-state index is 12.3. The molecule has 1 N–H and O–H groups in total. The highest BCUT2D eigenvalue weighted by Crippen LogP contribution is 2.14. The van der Waals surface area contributed by atoms with Crippen molar-refractivity contribution in [3.63, 3.8) is 0 Å². The number of hydrogen-bond acceptors (Lipinski definition) is 3. The smallest absolute Gasteiger partial charge is 0.273 e. The summed E-state index contributed by atoms with van der Waals surface area (Å²) in [4.78, 5) is 12.3. The minimum Gasteiger partial charge on any atom is -0.348 e. The first-order valence-corrected chi connectivity index (χ1v) is 8.53.